The van der Waals surface area contributed by atoms with E-state index in [9.17, 15) is 0 Å². The zero-order chi connectivity index (χ0) is 27.2. The highest BCUT2D eigenvalue weighted by Gasteiger charge is 2.15. The second-order valence-electron chi connectivity index (χ2n) is 10.0. The van der Waals surface area contributed by atoms with Crippen LogP contribution in [0.2, 0.25) is 0 Å². The van der Waals surface area contributed by atoms with Crippen LogP contribution in [0, 0.1) is 0 Å². The van der Waals surface area contributed by atoms with Crippen LogP contribution in [0.25, 0.3) is 72.5 Å². The Morgan fingerprint density at radius 1 is 0.439 bits per heavy atom. The summed E-state index contributed by atoms with van der Waals surface area (Å²) in [5.74, 6) is 0. The molecule has 0 aliphatic rings. The minimum atomic E-state index is 0.871. The van der Waals surface area contributed by atoms with Crippen molar-refractivity contribution in [2.24, 2.45) is 0 Å². The SMILES string of the molecule is c1cc(-c2ccncc2)nc(-c2ccc(-c3ccc(-c4nc5c(nc6ccccn65)c5ccccc45)cc3)cc2)c1. The van der Waals surface area contributed by atoms with Crippen molar-refractivity contribution in [3.05, 3.63) is 140 Å². The van der Waals surface area contributed by atoms with Crippen LogP contribution in [-0.2, 0) is 0 Å². The lowest BCUT2D eigenvalue weighted by Crippen LogP contribution is -1.92. The molecule has 8 aromatic rings. The fraction of sp³-hybridized carbons (Fsp3) is 0. The monoisotopic (exact) mass is 525 g/mol. The maximum Gasteiger partial charge on any atom is 0.165 e. The lowest BCUT2D eigenvalue weighted by molar-refractivity contribution is 1.19. The molecule has 0 fully saturated rings. The summed E-state index contributed by atoms with van der Waals surface area (Å²) < 4.78 is 2.06. The predicted octanol–water partition coefficient (Wildman–Crippen LogP) is 8.49. The van der Waals surface area contributed by atoms with Crippen LogP contribution >= 0.6 is 0 Å². The van der Waals surface area contributed by atoms with Gasteiger partial charge in [-0.05, 0) is 47.5 Å². The summed E-state index contributed by atoms with van der Waals surface area (Å²) in [7, 11) is 0. The van der Waals surface area contributed by atoms with Crippen molar-refractivity contribution >= 4 is 27.6 Å². The first kappa shape index (κ1) is 23.2. The average Bonchev–Trinajstić information content (AvgIpc) is 3.44. The number of hydrogen-bond donors (Lipinski definition) is 0. The van der Waals surface area contributed by atoms with Gasteiger partial charge in [-0.1, -0.05) is 84.9 Å². The number of rotatable bonds is 4. The molecule has 0 saturated carbocycles. The highest BCUT2D eigenvalue weighted by Crippen LogP contribution is 2.34. The third-order valence-corrected chi connectivity index (χ3v) is 7.56. The van der Waals surface area contributed by atoms with Crippen LogP contribution in [0.4, 0.5) is 0 Å². The van der Waals surface area contributed by atoms with E-state index >= 15 is 0 Å². The topological polar surface area (TPSA) is 56.0 Å². The molecular weight excluding hydrogens is 502 g/mol. The maximum absolute atomic E-state index is 5.13. The molecule has 41 heavy (non-hydrogen) atoms. The van der Waals surface area contributed by atoms with Crippen molar-refractivity contribution in [1.29, 1.82) is 0 Å². The molecule has 0 aliphatic carbocycles. The van der Waals surface area contributed by atoms with Crippen molar-refractivity contribution in [3.63, 3.8) is 0 Å². The van der Waals surface area contributed by atoms with E-state index in [1.54, 1.807) is 12.4 Å². The van der Waals surface area contributed by atoms with Gasteiger partial charge in [0.25, 0.3) is 0 Å². The van der Waals surface area contributed by atoms with Crippen LogP contribution < -0.4 is 0 Å². The van der Waals surface area contributed by atoms with E-state index in [2.05, 4.69) is 82.2 Å². The second kappa shape index (κ2) is 9.50. The van der Waals surface area contributed by atoms with Gasteiger partial charge < -0.3 is 0 Å². The van der Waals surface area contributed by atoms with Crippen molar-refractivity contribution in [2.75, 3.05) is 0 Å². The molecule has 0 unspecified atom stereocenters. The molecule has 0 amide bonds. The average molecular weight is 526 g/mol. The Kier molecular flexibility index (Phi) is 5.38. The van der Waals surface area contributed by atoms with Crippen LogP contribution in [0.3, 0.4) is 0 Å². The molecule has 0 atom stereocenters. The Hall–Kier alpha value is -5.68. The minimum absolute atomic E-state index is 0.871. The summed E-state index contributed by atoms with van der Waals surface area (Å²) in [6.07, 6.45) is 5.61. The molecule has 0 aliphatic heterocycles. The molecule has 5 nitrogen and oxygen atoms in total. The zero-order valence-electron chi connectivity index (χ0n) is 22.0. The Labute approximate surface area is 236 Å². The summed E-state index contributed by atoms with van der Waals surface area (Å²) in [6.45, 7) is 0. The van der Waals surface area contributed by atoms with Gasteiger partial charge in [0.1, 0.15) is 11.2 Å². The normalized spacial score (nSPS) is 11.4. The van der Waals surface area contributed by atoms with E-state index in [1.165, 1.54) is 0 Å². The number of imidazole rings is 1. The molecule has 0 N–H and O–H groups in total. The molecular formula is C36H23N5. The summed E-state index contributed by atoms with van der Waals surface area (Å²) >= 11 is 0. The lowest BCUT2D eigenvalue weighted by atomic mass is 9.98. The van der Waals surface area contributed by atoms with Gasteiger partial charge in [0.2, 0.25) is 0 Å². The Bertz CT molecular complexity index is 2180. The summed E-state index contributed by atoms with van der Waals surface area (Å²) in [6, 6.07) is 41.7. The first-order chi connectivity index (χ1) is 20.3. The second-order valence-corrected chi connectivity index (χ2v) is 10.0. The quantitative estimate of drug-likeness (QED) is 0.231. The lowest BCUT2D eigenvalue weighted by Gasteiger charge is -2.09. The van der Waals surface area contributed by atoms with Crippen molar-refractivity contribution in [2.45, 2.75) is 0 Å². The van der Waals surface area contributed by atoms with Gasteiger partial charge in [0.05, 0.1) is 17.1 Å². The van der Waals surface area contributed by atoms with E-state index in [1.807, 2.05) is 54.7 Å². The van der Waals surface area contributed by atoms with Crippen LogP contribution in [0.5, 0.6) is 0 Å². The summed E-state index contributed by atoms with van der Waals surface area (Å²) in [5, 5.41) is 2.21. The van der Waals surface area contributed by atoms with Crippen LogP contribution in [0.15, 0.2) is 140 Å². The summed E-state index contributed by atoms with van der Waals surface area (Å²) in [4.78, 5) is 19.0. The highest BCUT2D eigenvalue weighted by atomic mass is 15.1. The van der Waals surface area contributed by atoms with Crippen LogP contribution in [0.1, 0.15) is 0 Å². The molecule has 192 valence electrons. The molecule has 0 spiro atoms. The largest absolute Gasteiger partial charge is 0.284 e. The Morgan fingerprint density at radius 2 is 1.05 bits per heavy atom. The summed E-state index contributed by atoms with van der Waals surface area (Å²) in [5.41, 5.74) is 11.1. The van der Waals surface area contributed by atoms with Gasteiger partial charge in [-0.15, -0.1) is 0 Å². The molecule has 0 bridgehead atoms. The fourth-order valence-corrected chi connectivity index (χ4v) is 5.49. The van der Waals surface area contributed by atoms with E-state index in [-0.39, 0.29) is 0 Å². The molecule has 5 heteroatoms. The molecule has 0 radical (unpaired) electrons. The van der Waals surface area contributed by atoms with Crippen molar-refractivity contribution < 1.29 is 0 Å². The van der Waals surface area contributed by atoms with Gasteiger partial charge in [0, 0.05) is 46.1 Å². The fourth-order valence-electron chi connectivity index (χ4n) is 5.49. The van der Waals surface area contributed by atoms with Crippen LogP contribution in [-0.4, -0.2) is 24.3 Å². The van der Waals surface area contributed by atoms with E-state index in [0.29, 0.717) is 0 Å². The molecule has 5 aromatic heterocycles. The number of hydrogen-bond acceptors (Lipinski definition) is 4. The van der Waals surface area contributed by atoms with E-state index < -0.39 is 0 Å². The van der Waals surface area contributed by atoms with Gasteiger partial charge in [-0.25, -0.2) is 15.0 Å². The first-order valence-electron chi connectivity index (χ1n) is 13.6. The maximum atomic E-state index is 5.13. The smallest absolute Gasteiger partial charge is 0.165 e. The molecule has 8 rings (SSSR count). The Balaban J connectivity index is 1.14. The number of nitrogens with zero attached hydrogens (tertiary/aromatic N) is 5. The number of aromatic nitrogens is 5. The number of pyridine rings is 4. The highest BCUT2D eigenvalue weighted by molar-refractivity contribution is 6.09. The molecule has 3 aromatic carbocycles. The first-order valence-corrected chi connectivity index (χ1v) is 13.6. The molecule has 5 heterocycles. The van der Waals surface area contributed by atoms with E-state index in [0.717, 1.165) is 72.5 Å². The van der Waals surface area contributed by atoms with Gasteiger partial charge in [-0.3, -0.25) is 9.38 Å². The third kappa shape index (κ3) is 4.03. The zero-order valence-corrected chi connectivity index (χ0v) is 22.0. The predicted molar refractivity (Wildman–Crippen MR) is 165 cm³/mol. The van der Waals surface area contributed by atoms with E-state index in [4.69, 9.17) is 15.0 Å². The van der Waals surface area contributed by atoms with Crippen molar-refractivity contribution in [1.82, 2.24) is 24.3 Å². The number of benzene rings is 3. The van der Waals surface area contributed by atoms with Gasteiger partial charge >= 0.3 is 0 Å². The third-order valence-electron chi connectivity index (χ3n) is 7.56. The van der Waals surface area contributed by atoms with Gasteiger partial charge in [0.15, 0.2) is 5.65 Å². The van der Waals surface area contributed by atoms with Gasteiger partial charge in [-0.2, -0.15) is 0 Å². The molecule has 0 saturated heterocycles. The number of fused-ring (bicyclic) bond motifs is 5. The Morgan fingerprint density at radius 3 is 1.78 bits per heavy atom. The van der Waals surface area contributed by atoms with Crippen molar-refractivity contribution in [3.8, 4) is 44.9 Å². The minimum Gasteiger partial charge on any atom is -0.284 e. The standard InChI is InChI=1S/C36H23N5/c1-2-7-30-29(6-1)34(40-36-35(30)39-33-10-3-4-23-41(33)36)28-17-13-25(14-18-28)24-11-15-26(16-12-24)31-8-5-9-32(38-31)27-19-21-37-22-20-27/h1-23H.